The van der Waals surface area contributed by atoms with Crippen molar-refractivity contribution in [2.45, 2.75) is 52.5 Å². The van der Waals surface area contributed by atoms with Gasteiger partial charge in [-0.05, 0) is 37.7 Å². The van der Waals surface area contributed by atoms with Gasteiger partial charge in [-0.1, -0.05) is 20.3 Å². The first kappa shape index (κ1) is 13.8. The van der Waals surface area contributed by atoms with Gasteiger partial charge in [-0.2, -0.15) is 0 Å². The van der Waals surface area contributed by atoms with Gasteiger partial charge in [0.2, 0.25) is 5.95 Å². The van der Waals surface area contributed by atoms with Crippen LogP contribution < -0.4 is 5.32 Å². The fourth-order valence-corrected chi connectivity index (χ4v) is 2.75. The molecule has 1 heterocycles. The second-order valence-electron chi connectivity index (χ2n) is 6.13. The lowest BCUT2D eigenvalue weighted by Crippen LogP contribution is -2.32. The van der Waals surface area contributed by atoms with E-state index in [4.69, 9.17) is 5.11 Å². The van der Waals surface area contributed by atoms with E-state index in [2.05, 4.69) is 29.1 Å². The quantitative estimate of drug-likeness (QED) is 0.877. The van der Waals surface area contributed by atoms with E-state index in [0.717, 1.165) is 12.8 Å². The summed E-state index contributed by atoms with van der Waals surface area (Å²) in [5, 5.41) is 12.3. The van der Waals surface area contributed by atoms with E-state index >= 15 is 0 Å². The smallest absolute Gasteiger partial charge is 0.354 e. The van der Waals surface area contributed by atoms with Gasteiger partial charge in [0, 0.05) is 11.7 Å². The molecule has 1 aromatic heterocycles. The molecular formula is C14H21N3O2. The van der Waals surface area contributed by atoms with Crippen LogP contribution in [0.1, 0.15) is 55.7 Å². The maximum absolute atomic E-state index is 11.0. The summed E-state index contributed by atoms with van der Waals surface area (Å²) in [4.78, 5) is 19.3. The first-order valence-electron chi connectivity index (χ1n) is 6.71. The zero-order chi connectivity index (χ0) is 14.0. The van der Waals surface area contributed by atoms with Crippen LogP contribution in [-0.2, 0) is 0 Å². The number of aryl methyl sites for hydroxylation is 1. The van der Waals surface area contributed by atoms with Crippen LogP contribution in [0.3, 0.4) is 0 Å². The van der Waals surface area contributed by atoms with Gasteiger partial charge in [-0.3, -0.25) is 0 Å². The highest BCUT2D eigenvalue weighted by atomic mass is 16.4. The Labute approximate surface area is 113 Å². The number of nitrogens with one attached hydrogen (secondary N) is 1. The fraction of sp³-hybridized carbons (Fsp3) is 0.643. The molecule has 1 fully saturated rings. The van der Waals surface area contributed by atoms with Crippen LogP contribution in [0.4, 0.5) is 5.95 Å². The summed E-state index contributed by atoms with van der Waals surface area (Å²) in [6.07, 6.45) is 4.57. The Morgan fingerprint density at radius 3 is 2.84 bits per heavy atom. The van der Waals surface area contributed by atoms with Gasteiger partial charge in [0.25, 0.3) is 0 Å². The molecular weight excluding hydrogens is 242 g/mol. The zero-order valence-electron chi connectivity index (χ0n) is 11.7. The Bertz CT molecular complexity index is 486. The third-order valence-corrected chi connectivity index (χ3v) is 3.61. The number of carboxylic acid groups (broad SMARTS) is 1. The Balaban J connectivity index is 2.12. The second kappa shape index (κ2) is 5.15. The standard InChI is InChI=1S/C14H21N3O2/c1-9-7-11(12(18)19)17-13(15-9)16-10-5-4-6-14(2,3)8-10/h7,10H,4-6,8H2,1-3H3,(H,18,19)(H,15,16,17). The molecule has 1 unspecified atom stereocenters. The van der Waals surface area contributed by atoms with Gasteiger partial charge in [0.05, 0.1) is 0 Å². The monoisotopic (exact) mass is 263 g/mol. The summed E-state index contributed by atoms with van der Waals surface area (Å²) >= 11 is 0. The van der Waals surface area contributed by atoms with Crippen LogP contribution in [0.15, 0.2) is 6.07 Å². The van der Waals surface area contributed by atoms with Gasteiger partial charge in [-0.15, -0.1) is 0 Å². The SMILES string of the molecule is Cc1cc(C(=O)O)nc(NC2CCCC(C)(C)C2)n1. The van der Waals surface area contributed by atoms with E-state index in [1.807, 2.05) is 0 Å². The van der Waals surface area contributed by atoms with E-state index < -0.39 is 5.97 Å². The van der Waals surface area contributed by atoms with Gasteiger partial charge in [0.1, 0.15) is 0 Å². The summed E-state index contributed by atoms with van der Waals surface area (Å²) in [5.74, 6) is -0.586. The molecule has 0 radical (unpaired) electrons. The van der Waals surface area contributed by atoms with Crippen molar-refractivity contribution in [1.82, 2.24) is 9.97 Å². The predicted molar refractivity (Wildman–Crippen MR) is 73.4 cm³/mol. The molecule has 0 aromatic carbocycles. The van der Waals surface area contributed by atoms with E-state index in [9.17, 15) is 4.79 Å². The number of aromatic nitrogens is 2. The molecule has 1 atom stereocenters. The molecule has 19 heavy (non-hydrogen) atoms. The molecule has 5 nitrogen and oxygen atoms in total. The molecule has 0 spiro atoms. The Hall–Kier alpha value is -1.65. The maximum atomic E-state index is 11.0. The van der Waals surface area contributed by atoms with Gasteiger partial charge in [-0.25, -0.2) is 14.8 Å². The summed E-state index contributed by atoms with van der Waals surface area (Å²) < 4.78 is 0. The largest absolute Gasteiger partial charge is 0.477 e. The van der Waals surface area contributed by atoms with Crippen molar-refractivity contribution < 1.29 is 9.90 Å². The van der Waals surface area contributed by atoms with Crippen molar-refractivity contribution in [3.8, 4) is 0 Å². The molecule has 0 bridgehead atoms. The molecule has 1 saturated carbocycles. The fourth-order valence-electron chi connectivity index (χ4n) is 2.75. The van der Waals surface area contributed by atoms with Crippen molar-refractivity contribution in [2.75, 3.05) is 5.32 Å². The number of anilines is 1. The number of carbonyl (C=O) groups is 1. The highest BCUT2D eigenvalue weighted by Crippen LogP contribution is 2.36. The highest BCUT2D eigenvalue weighted by molar-refractivity contribution is 5.85. The maximum Gasteiger partial charge on any atom is 0.354 e. The van der Waals surface area contributed by atoms with Crippen LogP contribution in [0.2, 0.25) is 0 Å². The number of hydrogen-bond donors (Lipinski definition) is 2. The molecule has 0 saturated heterocycles. The molecule has 2 N–H and O–H groups in total. The number of rotatable bonds is 3. The summed E-state index contributed by atoms with van der Waals surface area (Å²) in [6.45, 7) is 6.31. The van der Waals surface area contributed by atoms with Crippen LogP contribution in [0.5, 0.6) is 0 Å². The van der Waals surface area contributed by atoms with Crippen LogP contribution in [-0.4, -0.2) is 27.1 Å². The van der Waals surface area contributed by atoms with Crippen molar-refractivity contribution >= 4 is 11.9 Å². The first-order chi connectivity index (χ1) is 8.85. The summed E-state index contributed by atoms with van der Waals surface area (Å²) in [5.41, 5.74) is 1.05. The number of aromatic carboxylic acids is 1. The lowest BCUT2D eigenvalue weighted by atomic mass is 9.75. The average Bonchev–Trinajstić information content (AvgIpc) is 2.26. The van der Waals surface area contributed by atoms with Crippen molar-refractivity contribution in [2.24, 2.45) is 5.41 Å². The van der Waals surface area contributed by atoms with Crippen LogP contribution in [0.25, 0.3) is 0 Å². The number of hydrogen-bond acceptors (Lipinski definition) is 4. The van der Waals surface area contributed by atoms with E-state index in [1.165, 1.54) is 18.9 Å². The minimum absolute atomic E-state index is 0.0464. The molecule has 104 valence electrons. The highest BCUT2D eigenvalue weighted by Gasteiger charge is 2.28. The first-order valence-corrected chi connectivity index (χ1v) is 6.71. The number of carboxylic acids is 1. The molecule has 2 rings (SSSR count). The summed E-state index contributed by atoms with van der Waals surface area (Å²) in [7, 11) is 0. The molecule has 1 aliphatic rings. The van der Waals surface area contributed by atoms with Gasteiger partial charge < -0.3 is 10.4 Å². The van der Waals surface area contributed by atoms with Crippen LogP contribution >= 0.6 is 0 Å². The minimum atomic E-state index is -1.02. The van der Waals surface area contributed by atoms with Crippen LogP contribution in [0, 0.1) is 12.3 Å². The normalized spacial score (nSPS) is 21.9. The molecule has 5 heteroatoms. The van der Waals surface area contributed by atoms with Crippen molar-refractivity contribution in [3.05, 3.63) is 17.5 Å². The van der Waals surface area contributed by atoms with Crippen molar-refractivity contribution in [3.63, 3.8) is 0 Å². The number of nitrogens with zero attached hydrogens (tertiary/aromatic N) is 2. The minimum Gasteiger partial charge on any atom is -0.477 e. The predicted octanol–water partition coefficient (Wildman–Crippen LogP) is 2.86. The average molecular weight is 263 g/mol. The van der Waals surface area contributed by atoms with Gasteiger partial charge >= 0.3 is 5.97 Å². The Morgan fingerprint density at radius 1 is 1.47 bits per heavy atom. The van der Waals surface area contributed by atoms with E-state index in [1.54, 1.807) is 6.92 Å². The van der Waals surface area contributed by atoms with Gasteiger partial charge in [0.15, 0.2) is 5.69 Å². The van der Waals surface area contributed by atoms with E-state index in [-0.39, 0.29) is 5.69 Å². The van der Waals surface area contributed by atoms with E-state index in [0.29, 0.717) is 23.1 Å². The molecule has 1 aromatic rings. The molecule has 0 aliphatic heterocycles. The lowest BCUT2D eigenvalue weighted by Gasteiger charge is -2.35. The van der Waals surface area contributed by atoms with Crippen molar-refractivity contribution in [1.29, 1.82) is 0 Å². The third kappa shape index (κ3) is 3.66. The third-order valence-electron chi connectivity index (χ3n) is 3.61. The zero-order valence-corrected chi connectivity index (χ0v) is 11.7. The Kier molecular flexibility index (Phi) is 3.73. The second-order valence-corrected chi connectivity index (χ2v) is 6.13. The molecule has 1 aliphatic carbocycles. The Morgan fingerprint density at radius 2 is 2.21 bits per heavy atom. The molecule has 0 amide bonds. The topological polar surface area (TPSA) is 75.1 Å². The lowest BCUT2D eigenvalue weighted by molar-refractivity contribution is 0.0690. The summed E-state index contributed by atoms with van der Waals surface area (Å²) in [6, 6.07) is 1.81.